The number of benzene rings is 2. The van der Waals surface area contributed by atoms with Gasteiger partial charge >= 0.3 is 0 Å². The lowest BCUT2D eigenvalue weighted by atomic mass is 9.93. The lowest BCUT2D eigenvalue weighted by molar-refractivity contribution is -0.141. The first-order chi connectivity index (χ1) is 24.9. The SMILES string of the molecule is COCCN1CC(=O)N[C@@H](Cc2ccccc2)C(=O)N[C@H]2CN(C(=O)c3oc(C)nc3C)C[C@@H]2c2cccc(c2)OCC(=O)N[C@H](CC(C)C)C1=O. The first kappa shape index (κ1) is 38.0. The Morgan fingerprint density at radius 3 is 2.40 bits per heavy atom. The van der Waals surface area contributed by atoms with Crippen LogP contribution in [0.2, 0.25) is 0 Å². The normalized spacial score (nSPS) is 21.8. The van der Waals surface area contributed by atoms with Gasteiger partial charge in [0.15, 0.2) is 12.5 Å². The number of hydrogen-bond donors (Lipinski definition) is 3. The van der Waals surface area contributed by atoms with Crippen molar-refractivity contribution in [3.63, 3.8) is 0 Å². The molecule has 5 amide bonds. The number of hydrogen-bond acceptors (Lipinski definition) is 9. The molecule has 52 heavy (non-hydrogen) atoms. The molecule has 0 saturated carbocycles. The van der Waals surface area contributed by atoms with Crippen LogP contribution in [-0.2, 0) is 30.3 Å². The van der Waals surface area contributed by atoms with Crippen LogP contribution in [0.15, 0.2) is 59.0 Å². The van der Waals surface area contributed by atoms with Gasteiger partial charge < -0.3 is 39.6 Å². The van der Waals surface area contributed by atoms with Gasteiger partial charge in [0.1, 0.15) is 17.8 Å². The summed E-state index contributed by atoms with van der Waals surface area (Å²) in [5.41, 5.74) is 2.06. The number of likely N-dealkylation sites (tertiary alicyclic amines) is 1. The zero-order chi connectivity index (χ0) is 37.4. The highest BCUT2D eigenvalue weighted by molar-refractivity contribution is 5.94. The van der Waals surface area contributed by atoms with E-state index in [1.54, 1.807) is 36.9 Å². The highest BCUT2D eigenvalue weighted by Gasteiger charge is 2.40. The molecule has 1 fully saturated rings. The monoisotopic (exact) mass is 716 g/mol. The molecule has 3 aromatic rings. The molecule has 0 spiro atoms. The highest BCUT2D eigenvalue weighted by atomic mass is 16.5. The van der Waals surface area contributed by atoms with Crippen LogP contribution in [-0.4, -0.2) is 109 Å². The van der Waals surface area contributed by atoms with Crippen molar-refractivity contribution in [2.75, 3.05) is 46.5 Å². The zero-order valence-corrected chi connectivity index (χ0v) is 30.3. The largest absolute Gasteiger partial charge is 0.484 e. The van der Waals surface area contributed by atoms with Gasteiger partial charge in [-0.2, -0.15) is 0 Å². The van der Waals surface area contributed by atoms with Gasteiger partial charge in [-0.1, -0.05) is 56.3 Å². The van der Waals surface area contributed by atoms with E-state index < -0.39 is 41.8 Å². The zero-order valence-electron chi connectivity index (χ0n) is 30.3. The third-order valence-electron chi connectivity index (χ3n) is 9.17. The van der Waals surface area contributed by atoms with Gasteiger partial charge in [0.05, 0.1) is 24.9 Å². The van der Waals surface area contributed by atoms with E-state index in [1.165, 1.54) is 12.0 Å². The number of oxazole rings is 1. The first-order valence-electron chi connectivity index (χ1n) is 17.6. The van der Waals surface area contributed by atoms with Crippen molar-refractivity contribution < 1.29 is 37.9 Å². The molecule has 0 aliphatic carbocycles. The number of aryl methyl sites for hydroxylation is 2. The van der Waals surface area contributed by atoms with Gasteiger partial charge in [0, 0.05) is 46.0 Å². The van der Waals surface area contributed by atoms with Crippen molar-refractivity contribution in [2.24, 2.45) is 5.92 Å². The molecule has 0 radical (unpaired) electrons. The first-order valence-corrected chi connectivity index (χ1v) is 17.6. The number of carbonyl (C=O) groups excluding carboxylic acids is 5. The number of nitrogens with one attached hydrogen (secondary N) is 3. The predicted molar refractivity (Wildman–Crippen MR) is 190 cm³/mol. The van der Waals surface area contributed by atoms with E-state index in [0.717, 1.165) is 11.1 Å². The predicted octanol–water partition coefficient (Wildman–Crippen LogP) is 2.14. The van der Waals surface area contributed by atoms with E-state index in [4.69, 9.17) is 13.9 Å². The van der Waals surface area contributed by atoms with Gasteiger partial charge in [-0.25, -0.2) is 4.98 Å². The summed E-state index contributed by atoms with van der Waals surface area (Å²) in [6.45, 7) is 7.17. The second-order valence-corrected chi connectivity index (χ2v) is 13.8. The number of fused-ring (bicyclic) bond motifs is 4. The van der Waals surface area contributed by atoms with Gasteiger partial charge in [0.2, 0.25) is 23.5 Å². The topological polar surface area (TPSA) is 172 Å². The van der Waals surface area contributed by atoms with Crippen LogP contribution < -0.4 is 20.7 Å². The van der Waals surface area contributed by atoms with E-state index in [0.29, 0.717) is 23.8 Å². The molecule has 2 aliphatic heterocycles. The summed E-state index contributed by atoms with van der Waals surface area (Å²) in [5.74, 6) is -1.71. The Balaban J connectivity index is 1.51. The molecule has 2 aliphatic rings. The molecule has 1 aromatic heterocycles. The fourth-order valence-electron chi connectivity index (χ4n) is 6.68. The van der Waals surface area contributed by atoms with Crippen LogP contribution in [0, 0.1) is 19.8 Å². The van der Waals surface area contributed by atoms with Gasteiger partial charge in [-0.15, -0.1) is 0 Å². The number of carbonyl (C=O) groups is 5. The number of methoxy groups -OCH3 is 1. The molecule has 1 saturated heterocycles. The summed E-state index contributed by atoms with van der Waals surface area (Å²) < 4.78 is 16.8. The molecule has 4 atom stereocenters. The van der Waals surface area contributed by atoms with Crippen LogP contribution in [0.25, 0.3) is 0 Å². The highest BCUT2D eigenvalue weighted by Crippen LogP contribution is 2.31. The number of aromatic nitrogens is 1. The van der Waals surface area contributed by atoms with Crippen molar-refractivity contribution in [3.05, 3.63) is 83.1 Å². The summed E-state index contributed by atoms with van der Waals surface area (Å²) >= 11 is 0. The summed E-state index contributed by atoms with van der Waals surface area (Å²) in [4.78, 5) is 75.9. The van der Waals surface area contributed by atoms with Gasteiger partial charge in [-0.3, -0.25) is 24.0 Å². The molecule has 278 valence electrons. The number of ether oxygens (including phenoxy) is 2. The maximum absolute atomic E-state index is 14.2. The molecule has 5 rings (SSSR count). The Labute approximate surface area is 303 Å². The average molecular weight is 717 g/mol. The number of amides is 5. The smallest absolute Gasteiger partial charge is 0.291 e. The van der Waals surface area contributed by atoms with Crippen molar-refractivity contribution in [1.82, 2.24) is 30.7 Å². The summed E-state index contributed by atoms with van der Waals surface area (Å²) in [6.07, 6.45) is 0.506. The second kappa shape index (κ2) is 17.3. The lowest BCUT2D eigenvalue weighted by Crippen LogP contribution is -2.56. The summed E-state index contributed by atoms with van der Waals surface area (Å²) in [6, 6.07) is 14.0. The standard InChI is InChI=1S/C38H48N6O8/c1-23(2)16-31-37(48)43(14-15-50-5)21-33(45)40-30(17-26-10-7-6-8-11-26)36(47)42-32-20-44(38(49)35-24(3)39-25(4)52-35)19-29(32)27-12-9-13-28(18-27)51-22-34(46)41-31/h6-13,18,23,29-32H,14-17,19-22H2,1-5H3,(H,40,45)(H,41,46)(H,42,47)/t29-,30+,31-,32+/m1/s1. The van der Waals surface area contributed by atoms with Crippen LogP contribution >= 0.6 is 0 Å². The average Bonchev–Trinajstić information content (AvgIpc) is 3.69. The minimum Gasteiger partial charge on any atom is -0.484 e. The van der Waals surface area contributed by atoms with Crippen LogP contribution in [0.4, 0.5) is 0 Å². The maximum Gasteiger partial charge on any atom is 0.291 e. The minimum atomic E-state index is -1.02. The van der Waals surface area contributed by atoms with Crippen molar-refractivity contribution in [2.45, 2.75) is 64.6 Å². The Hall–Kier alpha value is -5.24. The van der Waals surface area contributed by atoms with Gasteiger partial charge in [0.25, 0.3) is 11.8 Å². The Morgan fingerprint density at radius 1 is 0.962 bits per heavy atom. The molecule has 0 unspecified atom stereocenters. The summed E-state index contributed by atoms with van der Waals surface area (Å²) in [5, 5.41) is 8.81. The molecule has 14 nitrogen and oxygen atoms in total. The fourth-order valence-corrected chi connectivity index (χ4v) is 6.68. The number of rotatable bonds is 8. The molecule has 2 bridgehead atoms. The lowest BCUT2D eigenvalue weighted by Gasteiger charge is -2.29. The molecular weight excluding hydrogens is 668 g/mol. The Morgan fingerprint density at radius 2 is 1.71 bits per heavy atom. The van der Waals surface area contributed by atoms with Crippen LogP contribution in [0.3, 0.4) is 0 Å². The van der Waals surface area contributed by atoms with E-state index in [1.807, 2.05) is 50.2 Å². The number of nitrogens with zero attached hydrogens (tertiary/aromatic N) is 3. The van der Waals surface area contributed by atoms with E-state index in [2.05, 4.69) is 20.9 Å². The van der Waals surface area contributed by atoms with Crippen molar-refractivity contribution >= 4 is 29.5 Å². The molecule has 3 N–H and O–H groups in total. The van der Waals surface area contributed by atoms with E-state index in [-0.39, 0.29) is 69.3 Å². The Bertz CT molecular complexity index is 1740. The third kappa shape index (κ3) is 9.75. The van der Waals surface area contributed by atoms with Crippen molar-refractivity contribution in [1.29, 1.82) is 0 Å². The molecule has 14 heteroatoms. The fraction of sp³-hybridized carbons (Fsp3) is 0.474. The van der Waals surface area contributed by atoms with Gasteiger partial charge in [-0.05, 0) is 42.5 Å². The maximum atomic E-state index is 14.2. The van der Waals surface area contributed by atoms with Crippen molar-refractivity contribution in [3.8, 4) is 5.75 Å². The molecular formula is C38H48N6O8. The van der Waals surface area contributed by atoms with Crippen LogP contribution in [0.5, 0.6) is 5.75 Å². The molecule has 3 heterocycles. The molecule has 2 aromatic carbocycles. The third-order valence-corrected chi connectivity index (χ3v) is 9.17. The Kier molecular flexibility index (Phi) is 12.7. The van der Waals surface area contributed by atoms with E-state index in [9.17, 15) is 24.0 Å². The van der Waals surface area contributed by atoms with Crippen LogP contribution in [0.1, 0.15) is 59.5 Å². The summed E-state index contributed by atoms with van der Waals surface area (Å²) in [7, 11) is 1.49. The second-order valence-electron chi connectivity index (χ2n) is 13.8. The quantitative estimate of drug-likeness (QED) is 0.316. The minimum absolute atomic E-state index is 0.0459. The van der Waals surface area contributed by atoms with E-state index >= 15 is 0 Å².